The van der Waals surface area contributed by atoms with Gasteiger partial charge in [0.05, 0.1) is 0 Å². The summed E-state index contributed by atoms with van der Waals surface area (Å²) < 4.78 is 0. The molecule has 0 saturated heterocycles. The first-order valence-electron chi connectivity index (χ1n) is 9.31. The second kappa shape index (κ2) is 9.14. The standard InChI is InChI=1S/C22H25N3O2/c1-2-23-22(27)24-21(26)20(19-11-7-4-8-12-19)25-15-13-18(14-16-25)17-9-5-3-6-10-17/h3-13,20H,2,14-16H2,1H3,(H2,23,24,26,27)/t20-/m1/s1. The Morgan fingerprint density at radius 2 is 1.70 bits per heavy atom. The van der Waals surface area contributed by atoms with Crippen LogP contribution in [0.2, 0.25) is 0 Å². The van der Waals surface area contributed by atoms with E-state index in [1.807, 2.05) is 55.5 Å². The lowest BCUT2D eigenvalue weighted by atomic mass is 9.96. The highest BCUT2D eigenvalue weighted by Gasteiger charge is 2.29. The number of hydrogen-bond acceptors (Lipinski definition) is 3. The minimum Gasteiger partial charge on any atom is -0.338 e. The van der Waals surface area contributed by atoms with E-state index in [1.165, 1.54) is 11.1 Å². The molecule has 1 heterocycles. The zero-order chi connectivity index (χ0) is 19.1. The third kappa shape index (κ3) is 4.83. The number of amides is 3. The van der Waals surface area contributed by atoms with Crippen molar-refractivity contribution in [3.8, 4) is 0 Å². The van der Waals surface area contributed by atoms with Crippen molar-refractivity contribution >= 4 is 17.5 Å². The number of benzene rings is 2. The second-order valence-corrected chi connectivity index (χ2v) is 6.50. The van der Waals surface area contributed by atoms with Crippen molar-refractivity contribution in [2.45, 2.75) is 19.4 Å². The lowest BCUT2D eigenvalue weighted by Gasteiger charge is -2.33. The first kappa shape index (κ1) is 18.9. The van der Waals surface area contributed by atoms with Gasteiger partial charge in [-0.2, -0.15) is 0 Å². The first-order chi connectivity index (χ1) is 13.2. The maximum absolute atomic E-state index is 12.8. The van der Waals surface area contributed by atoms with Crippen LogP contribution in [-0.4, -0.2) is 36.5 Å². The summed E-state index contributed by atoms with van der Waals surface area (Å²) in [6.07, 6.45) is 3.04. The molecule has 0 spiro atoms. The number of hydrogen-bond donors (Lipinski definition) is 2. The van der Waals surface area contributed by atoms with Gasteiger partial charge in [-0.1, -0.05) is 66.7 Å². The Balaban J connectivity index is 1.79. The van der Waals surface area contributed by atoms with Crippen molar-refractivity contribution in [2.75, 3.05) is 19.6 Å². The summed E-state index contributed by atoms with van der Waals surface area (Å²) in [6.45, 7) is 3.71. The van der Waals surface area contributed by atoms with E-state index in [4.69, 9.17) is 0 Å². The van der Waals surface area contributed by atoms with Gasteiger partial charge in [0.2, 0.25) is 5.91 Å². The Morgan fingerprint density at radius 1 is 1.04 bits per heavy atom. The summed E-state index contributed by atoms with van der Waals surface area (Å²) in [6, 6.07) is 19.0. The van der Waals surface area contributed by atoms with Crippen LogP contribution < -0.4 is 10.6 Å². The predicted octanol–water partition coefficient (Wildman–Crippen LogP) is 3.36. The van der Waals surface area contributed by atoms with Gasteiger partial charge in [-0.05, 0) is 30.0 Å². The van der Waals surface area contributed by atoms with E-state index in [2.05, 4.69) is 33.7 Å². The van der Waals surface area contributed by atoms with Gasteiger partial charge < -0.3 is 5.32 Å². The minimum absolute atomic E-state index is 0.302. The second-order valence-electron chi connectivity index (χ2n) is 6.50. The number of nitrogens with zero attached hydrogens (tertiary/aromatic N) is 1. The highest BCUT2D eigenvalue weighted by atomic mass is 16.2. The number of imide groups is 1. The molecule has 0 aromatic heterocycles. The van der Waals surface area contributed by atoms with Crippen LogP contribution in [0.3, 0.4) is 0 Å². The maximum atomic E-state index is 12.8. The number of carbonyl (C=O) groups excluding carboxylic acids is 2. The molecule has 5 nitrogen and oxygen atoms in total. The molecule has 0 aliphatic carbocycles. The lowest BCUT2D eigenvalue weighted by molar-refractivity contribution is -0.125. The van der Waals surface area contributed by atoms with Gasteiger partial charge in [-0.25, -0.2) is 4.79 Å². The smallest absolute Gasteiger partial charge is 0.321 e. The molecule has 2 aromatic carbocycles. The topological polar surface area (TPSA) is 61.4 Å². The van der Waals surface area contributed by atoms with Crippen molar-refractivity contribution in [1.82, 2.24) is 15.5 Å². The van der Waals surface area contributed by atoms with Crippen LogP contribution in [-0.2, 0) is 4.79 Å². The summed E-state index contributed by atoms with van der Waals surface area (Å²) >= 11 is 0. The van der Waals surface area contributed by atoms with Crippen molar-refractivity contribution in [1.29, 1.82) is 0 Å². The molecule has 140 valence electrons. The fourth-order valence-electron chi connectivity index (χ4n) is 3.38. The fourth-order valence-corrected chi connectivity index (χ4v) is 3.38. The molecule has 2 aromatic rings. The average molecular weight is 363 g/mol. The lowest BCUT2D eigenvalue weighted by Crippen LogP contribution is -2.47. The number of carbonyl (C=O) groups is 2. The molecule has 1 aliphatic heterocycles. The van der Waals surface area contributed by atoms with Gasteiger partial charge in [-0.3, -0.25) is 15.0 Å². The normalized spacial score (nSPS) is 15.5. The fraction of sp³-hybridized carbons (Fsp3) is 0.273. The highest BCUT2D eigenvalue weighted by molar-refractivity contribution is 5.97. The zero-order valence-corrected chi connectivity index (χ0v) is 15.5. The highest BCUT2D eigenvalue weighted by Crippen LogP contribution is 2.28. The molecular weight excluding hydrogens is 338 g/mol. The van der Waals surface area contributed by atoms with Crippen molar-refractivity contribution in [3.05, 3.63) is 77.9 Å². The van der Waals surface area contributed by atoms with E-state index >= 15 is 0 Å². The SMILES string of the molecule is CCNC(=O)NC(=O)[C@@H](c1ccccc1)N1CC=C(c2ccccc2)CC1. The van der Waals surface area contributed by atoms with Crippen LogP contribution in [0, 0.1) is 0 Å². The van der Waals surface area contributed by atoms with E-state index in [1.54, 1.807) is 0 Å². The monoisotopic (exact) mass is 363 g/mol. The zero-order valence-electron chi connectivity index (χ0n) is 15.5. The predicted molar refractivity (Wildman–Crippen MR) is 107 cm³/mol. The van der Waals surface area contributed by atoms with Crippen molar-refractivity contribution in [3.63, 3.8) is 0 Å². The molecular formula is C22H25N3O2. The molecule has 3 rings (SSSR count). The Morgan fingerprint density at radius 3 is 2.30 bits per heavy atom. The van der Waals surface area contributed by atoms with Crippen LogP contribution in [0.4, 0.5) is 4.79 Å². The summed E-state index contributed by atoms with van der Waals surface area (Å²) in [5, 5.41) is 5.08. The molecule has 0 fully saturated rings. The van der Waals surface area contributed by atoms with E-state index in [0.29, 0.717) is 13.1 Å². The van der Waals surface area contributed by atoms with E-state index in [-0.39, 0.29) is 5.91 Å². The molecule has 3 amide bonds. The third-order valence-electron chi connectivity index (χ3n) is 4.69. The van der Waals surface area contributed by atoms with Gasteiger partial charge in [0.25, 0.3) is 0 Å². The van der Waals surface area contributed by atoms with Gasteiger partial charge >= 0.3 is 6.03 Å². The molecule has 0 bridgehead atoms. The Bertz CT molecular complexity index is 803. The van der Waals surface area contributed by atoms with E-state index in [0.717, 1.165) is 18.5 Å². The van der Waals surface area contributed by atoms with Crippen LogP contribution >= 0.6 is 0 Å². The van der Waals surface area contributed by atoms with E-state index < -0.39 is 12.1 Å². The van der Waals surface area contributed by atoms with Crippen LogP contribution in [0.15, 0.2) is 66.7 Å². The summed E-state index contributed by atoms with van der Waals surface area (Å²) in [7, 11) is 0. The number of rotatable bonds is 5. The van der Waals surface area contributed by atoms with Crippen molar-refractivity contribution < 1.29 is 9.59 Å². The molecule has 27 heavy (non-hydrogen) atoms. The molecule has 1 aliphatic rings. The van der Waals surface area contributed by atoms with Gasteiger partial charge in [-0.15, -0.1) is 0 Å². The maximum Gasteiger partial charge on any atom is 0.321 e. The number of urea groups is 1. The number of nitrogens with one attached hydrogen (secondary N) is 2. The molecule has 0 unspecified atom stereocenters. The Kier molecular flexibility index (Phi) is 6.39. The summed E-state index contributed by atoms with van der Waals surface area (Å²) in [5.74, 6) is -0.302. The molecule has 2 N–H and O–H groups in total. The Labute approximate surface area is 160 Å². The first-order valence-corrected chi connectivity index (χ1v) is 9.31. The van der Waals surface area contributed by atoms with Crippen LogP contribution in [0.5, 0.6) is 0 Å². The van der Waals surface area contributed by atoms with Crippen molar-refractivity contribution in [2.24, 2.45) is 0 Å². The molecule has 1 atom stereocenters. The van der Waals surface area contributed by atoms with E-state index in [9.17, 15) is 9.59 Å². The largest absolute Gasteiger partial charge is 0.338 e. The third-order valence-corrected chi connectivity index (χ3v) is 4.69. The molecule has 5 heteroatoms. The van der Waals surface area contributed by atoms with Gasteiger partial charge in [0.15, 0.2) is 0 Å². The average Bonchev–Trinajstić information content (AvgIpc) is 2.70. The minimum atomic E-state index is -0.498. The summed E-state index contributed by atoms with van der Waals surface area (Å²) in [5.41, 5.74) is 3.40. The van der Waals surface area contributed by atoms with Gasteiger partial charge in [0, 0.05) is 19.6 Å². The molecule has 0 saturated carbocycles. The van der Waals surface area contributed by atoms with Gasteiger partial charge in [0.1, 0.15) is 6.04 Å². The summed E-state index contributed by atoms with van der Waals surface area (Å²) in [4.78, 5) is 26.8. The van der Waals surface area contributed by atoms with Crippen LogP contribution in [0.1, 0.15) is 30.5 Å². The van der Waals surface area contributed by atoms with Crippen LogP contribution in [0.25, 0.3) is 5.57 Å². The Hall–Kier alpha value is -2.92. The molecule has 0 radical (unpaired) electrons. The quantitative estimate of drug-likeness (QED) is 0.856.